The second-order valence-electron chi connectivity index (χ2n) is 4.42. The Morgan fingerprint density at radius 1 is 1.35 bits per heavy atom. The molecular weight excluding hydrogens is 224 g/mol. The van der Waals surface area contributed by atoms with Gasteiger partial charge in [-0.25, -0.2) is 8.78 Å². The van der Waals surface area contributed by atoms with Crippen LogP contribution in [0.5, 0.6) is 0 Å². The first-order valence-electron chi connectivity index (χ1n) is 5.61. The fourth-order valence-electron chi connectivity index (χ4n) is 1.53. The lowest BCUT2D eigenvalue weighted by Crippen LogP contribution is -2.36. The second-order valence-corrected chi connectivity index (χ2v) is 4.42. The third-order valence-electron chi connectivity index (χ3n) is 3.30. The molecule has 1 aromatic rings. The molecule has 4 heteroatoms. The van der Waals surface area contributed by atoms with Gasteiger partial charge in [-0.2, -0.15) is 0 Å². The van der Waals surface area contributed by atoms with Gasteiger partial charge >= 0.3 is 0 Å². The molecule has 2 nitrogen and oxygen atoms in total. The van der Waals surface area contributed by atoms with Gasteiger partial charge in [0.15, 0.2) is 0 Å². The van der Waals surface area contributed by atoms with Crippen LogP contribution in [0.25, 0.3) is 0 Å². The van der Waals surface area contributed by atoms with E-state index in [9.17, 15) is 13.6 Å². The zero-order valence-corrected chi connectivity index (χ0v) is 10.1. The van der Waals surface area contributed by atoms with Crippen molar-refractivity contribution in [3.05, 3.63) is 35.4 Å². The number of ketones is 1. The highest BCUT2D eigenvalue weighted by Gasteiger charge is 2.30. The first kappa shape index (κ1) is 13.8. The molecule has 0 saturated heterocycles. The van der Waals surface area contributed by atoms with Gasteiger partial charge in [-0.3, -0.25) is 4.79 Å². The highest BCUT2D eigenvalue weighted by molar-refractivity contribution is 5.86. The Labute approximate surface area is 99.8 Å². The highest BCUT2D eigenvalue weighted by Crippen LogP contribution is 2.24. The monoisotopic (exact) mass is 241 g/mol. The standard InChI is InChI=1S/C13H17F2NO/c1-3-13(2,8-16)12(17)7-9-10(14)5-4-6-11(9)15/h4-6H,3,7-8,16H2,1-2H3. The van der Waals surface area contributed by atoms with Gasteiger partial charge in [-0.15, -0.1) is 0 Å². The summed E-state index contributed by atoms with van der Waals surface area (Å²) in [5.41, 5.74) is 4.65. The predicted molar refractivity (Wildman–Crippen MR) is 62.5 cm³/mol. The van der Waals surface area contributed by atoms with E-state index in [0.717, 1.165) is 12.1 Å². The molecule has 1 unspecified atom stereocenters. The molecule has 0 bridgehead atoms. The van der Waals surface area contributed by atoms with Crippen molar-refractivity contribution in [1.29, 1.82) is 0 Å². The van der Waals surface area contributed by atoms with Crippen LogP contribution in [0, 0.1) is 17.0 Å². The molecule has 0 aliphatic carbocycles. The molecular formula is C13H17F2NO. The fourth-order valence-corrected chi connectivity index (χ4v) is 1.53. The molecule has 1 atom stereocenters. The molecule has 0 saturated carbocycles. The smallest absolute Gasteiger partial charge is 0.144 e. The van der Waals surface area contributed by atoms with Crippen molar-refractivity contribution in [2.24, 2.45) is 11.1 Å². The summed E-state index contributed by atoms with van der Waals surface area (Å²) < 4.78 is 26.8. The van der Waals surface area contributed by atoms with Gasteiger partial charge in [-0.05, 0) is 18.6 Å². The summed E-state index contributed by atoms with van der Waals surface area (Å²) in [5.74, 6) is -1.60. The lowest BCUT2D eigenvalue weighted by molar-refractivity contribution is -0.127. The number of carbonyl (C=O) groups is 1. The largest absolute Gasteiger partial charge is 0.329 e. The summed E-state index contributed by atoms with van der Waals surface area (Å²) in [4.78, 5) is 12.0. The summed E-state index contributed by atoms with van der Waals surface area (Å²) in [7, 11) is 0. The second kappa shape index (κ2) is 5.36. The minimum atomic E-state index is -0.714. The van der Waals surface area contributed by atoms with Crippen LogP contribution in [-0.4, -0.2) is 12.3 Å². The van der Waals surface area contributed by atoms with E-state index >= 15 is 0 Å². The maximum Gasteiger partial charge on any atom is 0.144 e. The average molecular weight is 241 g/mol. The summed E-state index contributed by atoms with van der Waals surface area (Å²) in [6.07, 6.45) is 0.304. The molecule has 0 aliphatic heterocycles. The molecule has 17 heavy (non-hydrogen) atoms. The van der Waals surface area contributed by atoms with E-state index in [1.807, 2.05) is 6.92 Å². The van der Waals surface area contributed by atoms with Crippen LogP contribution in [0.2, 0.25) is 0 Å². The molecule has 94 valence electrons. The van der Waals surface area contributed by atoms with Gasteiger partial charge in [-0.1, -0.05) is 19.9 Å². The Hall–Kier alpha value is -1.29. The van der Waals surface area contributed by atoms with Crippen LogP contribution in [-0.2, 0) is 11.2 Å². The van der Waals surface area contributed by atoms with Crippen LogP contribution in [0.15, 0.2) is 18.2 Å². The highest BCUT2D eigenvalue weighted by atomic mass is 19.1. The van der Waals surface area contributed by atoms with Crippen molar-refractivity contribution in [1.82, 2.24) is 0 Å². The number of halogens is 2. The number of rotatable bonds is 5. The molecule has 0 amide bonds. The normalized spacial score (nSPS) is 14.4. The predicted octanol–water partition coefficient (Wildman–Crippen LogP) is 2.45. The van der Waals surface area contributed by atoms with Crippen molar-refractivity contribution in [3.63, 3.8) is 0 Å². The minimum Gasteiger partial charge on any atom is -0.329 e. The molecule has 0 aliphatic rings. The van der Waals surface area contributed by atoms with Crippen LogP contribution < -0.4 is 5.73 Å². The fraction of sp³-hybridized carbons (Fsp3) is 0.462. The Bertz CT molecular complexity index is 394. The van der Waals surface area contributed by atoms with E-state index in [1.165, 1.54) is 6.07 Å². The lowest BCUT2D eigenvalue weighted by Gasteiger charge is -2.24. The molecule has 0 spiro atoms. The quantitative estimate of drug-likeness (QED) is 0.860. The van der Waals surface area contributed by atoms with Crippen molar-refractivity contribution in [2.45, 2.75) is 26.7 Å². The zero-order chi connectivity index (χ0) is 13.1. The number of hydrogen-bond acceptors (Lipinski definition) is 2. The Morgan fingerprint density at radius 2 is 1.88 bits per heavy atom. The summed E-state index contributed by atoms with van der Waals surface area (Å²) >= 11 is 0. The molecule has 0 fully saturated rings. The van der Waals surface area contributed by atoms with Crippen LogP contribution in [0.4, 0.5) is 8.78 Å². The van der Waals surface area contributed by atoms with Gasteiger partial charge in [0.2, 0.25) is 0 Å². The minimum absolute atomic E-state index is 0.175. The van der Waals surface area contributed by atoms with E-state index in [1.54, 1.807) is 6.92 Å². The molecule has 1 rings (SSSR count). The van der Waals surface area contributed by atoms with Gasteiger partial charge in [0.1, 0.15) is 17.4 Å². The van der Waals surface area contributed by atoms with E-state index in [-0.39, 0.29) is 24.3 Å². The third kappa shape index (κ3) is 2.88. The molecule has 1 aromatic carbocycles. The summed E-state index contributed by atoms with van der Waals surface area (Å²) in [6, 6.07) is 3.58. The van der Waals surface area contributed by atoms with E-state index in [2.05, 4.69) is 0 Å². The number of carbonyl (C=O) groups excluding carboxylic acids is 1. The summed E-state index contributed by atoms with van der Waals surface area (Å²) in [6.45, 7) is 3.73. The van der Waals surface area contributed by atoms with Gasteiger partial charge in [0.05, 0.1) is 0 Å². The van der Waals surface area contributed by atoms with Crippen LogP contribution in [0.1, 0.15) is 25.8 Å². The number of nitrogens with two attached hydrogens (primary N) is 1. The van der Waals surface area contributed by atoms with Crippen molar-refractivity contribution in [2.75, 3.05) is 6.54 Å². The van der Waals surface area contributed by atoms with Crippen molar-refractivity contribution < 1.29 is 13.6 Å². The number of hydrogen-bond donors (Lipinski definition) is 1. The molecule has 0 aromatic heterocycles. The van der Waals surface area contributed by atoms with Gasteiger partial charge < -0.3 is 5.73 Å². The van der Waals surface area contributed by atoms with Crippen molar-refractivity contribution in [3.8, 4) is 0 Å². The first-order valence-corrected chi connectivity index (χ1v) is 5.61. The Kier molecular flexibility index (Phi) is 4.34. The number of Topliss-reactive ketones (excluding diaryl/α,β-unsaturated/α-hetero) is 1. The molecule has 0 radical (unpaired) electrons. The van der Waals surface area contributed by atoms with E-state index in [4.69, 9.17) is 5.73 Å². The topological polar surface area (TPSA) is 43.1 Å². The SMILES string of the molecule is CCC(C)(CN)C(=O)Cc1c(F)cccc1F. The third-order valence-corrected chi connectivity index (χ3v) is 3.30. The van der Waals surface area contributed by atoms with E-state index < -0.39 is 17.0 Å². The van der Waals surface area contributed by atoms with Crippen LogP contribution >= 0.6 is 0 Å². The summed E-state index contributed by atoms with van der Waals surface area (Å²) in [5, 5.41) is 0. The zero-order valence-electron chi connectivity index (χ0n) is 10.1. The van der Waals surface area contributed by atoms with E-state index in [0.29, 0.717) is 6.42 Å². The Morgan fingerprint density at radius 3 is 2.29 bits per heavy atom. The van der Waals surface area contributed by atoms with Crippen molar-refractivity contribution >= 4 is 5.78 Å². The molecule has 2 N–H and O–H groups in total. The van der Waals surface area contributed by atoms with Crippen LogP contribution in [0.3, 0.4) is 0 Å². The molecule has 0 heterocycles. The van der Waals surface area contributed by atoms with Gasteiger partial charge in [0, 0.05) is 23.9 Å². The maximum absolute atomic E-state index is 13.4. The first-order chi connectivity index (χ1) is 7.94. The maximum atomic E-state index is 13.4. The van der Waals surface area contributed by atoms with Gasteiger partial charge in [0.25, 0.3) is 0 Å². The Balaban J connectivity index is 2.96. The average Bonchev–Trinajstić information content (AvgIpc) is 2.32. The number of benzene rings is 1. The lowest BCUT2D eigenvalue weighted by atomic mass is 9.80.